The van der Waals surface area contributed by atoms with Crippen molar-refractivity contribution in [2.75, 3.05) is 0 Å². The van der Waals surface area contributed by atoms with Gasteiger partial charge in [0.1, 0.15) is 0 Å². The van der Waals surface area contributed by atoms with Crippen LogP contribution in [0.25, 0.3) is 5.69 Å². The molecule has 0 radical (unpaired) electrons. The average Bonchev–Trinajstić information content (AvgIpc) is 2.88. The van der Waals surface area contributed by atoms with Crippen LogP contribution in [0.15, 0.2) is 33.6 Å². The van der Waals surface area contributed by atoms with Crippen LogP contribution in [-0.2, 0) is 6.54 Å². The van der Waals surface area contributed by atoms with E-state index in [1.807, 2.05) is 31.2 Å². The van der Waals surface area contributed by atoms with E-state index in [9.17, 15) is 4.79 Å². The third-order valence-electron chi connectivity index (χ3n) is 4.19. The Morgan fingerprint density at radius 2 is 1.95 bits per heavy atom. The van der Waals surface area contributed by atoms with Gasteiger partial charge in [0.05, 0.1) is 6.54 Å². The fraction of sp³-hybridized carbons (Fsp3) is 0.500. The molecule has 0 spiro atoms. The molecule has 5 heteroatoms. The molecule has 1 aromatic heterocycles. The van der Waals surface area contributed by atoms with Crippen LogP contribution in [0.4, 0.5) is 0 Å². The highest BCUT2D eigenvalue weighted by molar-refractivity contribution is 5.26. The Labute approximate surface area is 123 Å². The Bertz CT molecular complexity index is 636. The van der Waals surface area contributed by atoms with Gasteiger partial charge < -0.3 is 5.32 Å². The predicted molar refractivity (Wildman–Crippen MR) is 79.3 cm³/mol. The zero-order chi connectivity index (χ0) is 14.7. The summed E-state index contributed by atoms with van der Waals surface area (Å²) in [5, 5.41) is 6.17. The molecule has 1 saturated carbocycles. The smallest absolute Gasteiger partial charge is 0.304 e. The summed E-state index contributed by atoms with van der Waals surface area (Å²) in [6.45, 7) is 2.57. The number of H-pyrrole nitrogens is 1. The van der Waals surface area contributed by atoms with Crippen LogP contribution >= 0.6 is 0 Å². The van der Waals surface area contributed by atoms with Crippen LogP contribution in [0.1, 0.15) is 43.4 Å². The van der Waals surface area contributed by atoms with Gasteiger partial charge in [-0.05, 0) is 29.7 Å². The molecule has 1 aliphatic carbocycles. The largest absolute Gasteiger partial charge is 0.431 e. The molecule has 0 amide bonds. The molecule has 2 aromatic rings. The normalized spacial score (nSPS) is 16.2. The number of aromatic amines is 1. The Kier molecular flexibility index (Phi) is 4.20. The van der Waals surface area contributed by atoms with Gasteiger partial charge in [-0.3, -0.25) is 4.52 Å². The van der Waals surface area contributed by atoms with Crippen molar-refractivity contribution in [1.29, 1.82) is 0 Å². The van der Waals surface area contributed by atoms with Crippen molar-refractivity contribution in [2.45, 2.75) is 51.6 Å². The quantitative estimate of drug-likeness (QED) is 0.846. The topological polar surface area (TPSA) is 61.9 Å². The van der Waals surface area contributed by atoms with Gasteiger partial charge in [0.25, 0.3) is 0 Å². The minimum Gasteiger partial charge on any atom is -0.304 e. The third kappa shape index (κ3) is 3.24. The molecule has 2 N–H and O–H groups in total. The molecule has 1 fully saturated rings. The molecule has 1 aromatic carbocycles. The first-order valence-corrected chi connectivity index (χ1v) is 7.67. The predicted octanol–water partition coefficient (Wildman–Crippen LogP) is 1.98. The van der Waals surface area contributed by atoms with Gasteiger partial charge >= 0.3 is 11.3 Å². The van der Waals surface area contributed by atoms with Gasteiger partial charge in [-0.2, -0.15) is 0 Å². The molecule has 0 unspecified atom stereocenters. The molecular formula is C16H22N3O2+. The minimum atomic E-state index is -0.307. The molecule has 1 heterocycles. The molecule has 0 saturated heterocycles. The van der Waals surface area contributed by atoms with E-state index in [0.717, 1.165) is 5.69 Å². The van der Waals surface area contributed by atoms with Gasteiger partial charge in [-0.25, -0.2) is 4.79 Å². The van der Waals surface area contributed by atoms with Crippen molar-refractivity contribution in [2.24, 2.45) is 0 Å². The summed E-state index contributed by atoms with van der Waals surface area (Å²) in [7, 11) is 0. The lowest BCUT2D eigenvalue weighted by atomic mass is 9.95. The van der Waals surface area contributed by atoms with Crippen LogP contribution < -0.4 is 15.6 Å². The highest BCUT2D eigenvalue weighted by atomic mass is 16.5. The molecule has 3 rings (SSSR count). The molecule has 0 bridgehead atoms. The maximum absolute atomic E-state index is 11.9. The minimum absolute atomic E-state index is 0.307. The van der Waals surface area contributed by atoms with Crippen LogP contribution in [0.2, 0.25) is 0 Å². The molecule has 0 aliphatic heterocycles. The van der Waals surface area contributed by atoms with Crippen molar-refractivity contribution in [3.8, 4) is 5.69 Å². The van der Waals surface area contributed by atoms with Crippen LogP contribution in [0, 0.1) is 6.92 Å². The summed E-state index contributed by atoms with van der Waals surface area (Å²) in [6.07, 6.45) is 6.27. The van der Waals surface area contributed by atoms with E-state index in [4.69, 9.17) is 4.52 Å². The van der Waals surface area contributed by atoms with E-state index >= 15 is 0 Å². The summed E-state index contributed by atoms with van der Waals surface area (Å²) in [5.41, 5.74) is 2.40. The van der Waals surface area contributed by atoms with E-state index in [1.54, 1.807) is 4.68 Å². The summed E-state index contributed by atoms with van der Waals surface area (Å²) in [4.78, 5) is 11.9. The average molecular weight is 288 g/mol. The van der Waals surface area contributed by atoms with Crippen molar-refractivity contribution in [3.63, 3.8) is 0 Å². The summed E-state index contributed by atoms with van der Waals surface area (Å²) in [5.74, 6) is 0. The van der Waals surface area contributed by atoms with E-state index in [-0.39, 0.29) is 5.63 Å². The summed E-state index contributed by atoms with van der Waals surface area (Å²) in [6, 6.07) is 8.51. The van der Waals surface area contributed by atoms with Crippen molar-refractivity contribution in [1.82, 2.24) is 10.6 Å². The van der Waals surface area contributed by atoms with Crippen LogP contribution in [0.5, 0.6) is 0 Å². The first-order valence-electron chi connectivity index (χ1n) is 7.67. The van der Waals surface area contributed by atoms with Gasteiger partial charge in [-0.1, -0.05) is 37.0 Å². The van der Waals surface area contributed by atoms with E-state index in [1.165, 1.54) is 37.7 Å². The van der Waals surface area contributed by atoms with E-state index < -0.39 is 0 Å². The molecule has 5 nitrogen and oxygen atoms in total. The lowest BCUT2D eigenvalue weighted by molar-refractivity contribution is -0.677. The van der Waals surface area contributed by atoms with Crippen molar-refractivity contribution in [3.05, 3.63) is 45.9 Å². The fourth-order valence-corrected chi connectivity index (χ4v) is 2.89. The second kappa shape index (κ2) is 6.26. The highest BCUT2D eigenvalue weighted by Crippen LogP contribution is 2.17. The SMILES string of the molecule is Cc1ccc(-[n+]2[nH]oc(=O)c2CNC2CCCCC2)cc1. The maximum Gasteiger partial charge on any atom is 0.431 e. The lowest BCUT2D eigenvalue weighted by Gasteiger charge is -2.21. The molecular weight excluding hydrogens is 266 g/mol. The second-order valence-corrected chi connectivity index (χ2v) is 5.81. The monoisotopic (exact) mass is 288 g/mol. The van der Waals surface area contributed by atoms with E-state index in [0.29, 0.717) is 18.3 Å². The van der Waals surface area contributed by atoms with Crippen LogP contribution in [0.3, 0.4) is 0 Å². The number of aromatic nitrogens is 2. The molecule has 21 heavy (non-hydrogen) atoms. The molecule has 0 atom stereocenters. The Hall–Kier alpha value is -1.88. The fourth-order valence-electron chi connectivity index (χ4n) is 2.89. The number of hydrogen-bond donors (Lipinski definition) is 2. The van der Waals surface area contributed by atoms with Crippen LogP contribution in [-0.4, -0.2) is 11.3 Å². The summed E-state index contributed by atoms with van der Waals surface area (Å²) >= 11 is 0. The van der Waals surface area contributed by atoms with Crippen molar-refractivity contribution >= 4 is 0 Å². The number of aryl methyl sites for hydroxylation is 1. The van der Waals surface area contributed by atoms with Crippen molar-refractivity contribution < 1.29 is 9.20 Å². The lowest BCUT2D eigenvalue weighted by Crippen LogP contribution is -2.42. The Morgan fingerprint density at radius 1 is 1.24 bits per heavy atom. The number of benzene rings is 1. The van der Waals surface area contributed by atoms with Gasteiger partial charge in [0, 0.05) is 18.2 Å². The summed E-state index contributed by atoms with van der Waals surface area (Å²) < 4.78 is 6.68. The first kappa shape index (κ1) is 14.1. The zero-order valence-electron chi connectivity index (χ0n) is 12.4. The highest BCUT2D eigenvalue weighted by Gasteiger charge is 2.24. The van der Waals surface area contributed by atoms with Gasteiger partial charge in [0.2, 0.25) is 5.69 Å². The number of hydrogen-bond acceptors (Lipinski definition) is 3. The zero-order valence-corrected chi connectivity index (χ0v) is 12.4. The number of nitrogens with one attached hydrogen (secondary N) is 2. The van der Waals surface area contributed by atoms with E-state index in [2.05, 4.69) is 10.6 Å². The van der Waals surface area contributed by atoms with Gasteiger partial charge in [-0.15, -0.1) is 0 Å². The third-order valence-corrected chi connectivity index (χ3v) is 4.19. The first-order chi connectivity index (χ1) is 10.2. The maximum atomic E-state index is 11.9. The molecule has 1 aliphatic rings. The Morgan fingerprint density at radius 3 is 2.67 bits per heavy atom. The number of nitrogens with zero attached hydrogens (tertiary/aromatic N) is 1. The number of rotatable bonds is 4. The van der Waals surface area contributed by atoms with Gasteiger partial charge in [0.15, 0.2) is 0 Å². The standard InChI is InChI=1S/C16H21N3O2/c1-12-7-9-14(10-8-12)19-15(16(20)21-18-19)11-17-13-5-3-2-4-6-13/h7-10,13,17H,2-6,11H2,1H3/p+1. The second-order valence-electron chi connectivity index (χ2n) is 5.81. The Balaban J connectivity index is 1.77. The molecule has 112 valence electrons.